The van der Waals surface area contributed by atoms with Gasteiger partial charge in [0.1, 0.15) is 0 Å². The fraction of sp³-hybridized carbons (Fsp3) is 0.455. The molecule has 1 aromatic carbocycles. The van der Waals surface area contributed by atoms with Crippen LogP contribution in [0.4, 0.5) is 14.5 Å². The quantitative estimate of drug-likeness (QED) is 0.599. The molecule has 0 saturated heterocycles. The number of hydrogen-bond acceptors (Lipinski definition) is 5. The zero-order chi connectivity index (χ0) is 16.2. The number of alkyl halides is 2. The summed E-state index contributed by atoms with van der Waals surface area (Å²) in [4.78, 5) is 9.62. The smallest absolute Gasteiger partial charge is 0.269 e. The van der Waals surface area contributed by atoms with Crippen molar-refractivity contribution in [2.24, 2.45) is 0 Å². The Morgan fingerprint density at radius 1 is 1.43 bits per heavy atom. The second-order valence-electron chi connectivity index (χ2n) is 4.18. The molecule has 0 heterocycles. The Morgan fingerprint density at radius 2 is 2.05 bits per heavy atom. The van der Waals surface area contributed by atoms with Gasteiger partial charge < -0.3 is 5.11 Å². The van der Waals surface area contributed by atoms with Gasteiger partial charge in [0.15, 0.2) is 0 Å². The number of rotatable bonds is 7. The Bertz CT molecular complexity index is 621. The second kappa shape index (κ2) is 6.87. The van der Waals surface area contributed by atoms with Gasteiger partial charge in [-0.2, -0.15) is 4.31 Å². The number of hydrogen-bond donors (Lipinski definition) is 1. The second-order valence-corrected chi connectivity index (χ2v) is 6.09. The lowest BCUT2D eigenvalue weighted by molar-refractivity contribution is -0.385. The maximum absolute atomic E-state index is 12.4. The van der Waals surface area contributed by atoms with Gasteiger partial charge in [0.25, 0.3) is 12.1 Å². The molecule has 7 nitrogen and oxygen atoms in total. The lowest BCUT2D eigenvalue weighted by Crippen LogP contribution is -2.37. The minimum Gasteiger partial charge on any atom is -0.395 e. The van der Waals surface area contributed by atoms with E-state index in [-0.39, 0.29) is 16.1 Å². The normalized spacial score (nSPS) is 12.1. The van der Waals surface area contributed by atoms with Gasteiger partial charge in [-0.15, -0.1) is 0 Å². The minimum absolute atomic E-state index is 0.0707. The van der Waals surface area contributed by atoms with Crippen molar-refractivity contribution in [3.63, 3.8) is 0 Å². The molecule has 21 heavy (non-hydrogen) atoms. The van der Waals surface area contributed by atoms with Crippen LogP contribution in [0.2, 0.25) is 0 Å². The van der Waals surface area contributed by atoms with Crippen molar-refractivity contribution in [3.05, 3.63) is 33.9 Å². The molecule has 0 unspecified atom stereocenters. The van der Waals surface area contributed by atoms with Gasteiger partial charge >= 0.3 is 0 Å². The third-order valence-electron chi connectivity index (χ3n) is 2.68. The monoisotopic (exact) mass is 324 g/mol. The molecule has 0 atom stereocenters. The van der Waals surface area contributed by atoms with Crippen molar-refractivity contribution in [3.8, 4) is 0 Å². The lowest BCUT2D eigenvalue weighted by atomic mass is 10.2. The highest BCUT2D eigenvalue weighted by molar-refractivity contribution is 7.89. The maximum Gasteiger partial charge on any atom is 0.269 e. The van der Waals surface area contributed by atoms with Crippen LogP contribution in [0.25, 0.3) is 0 Å². The van der Waals surface area contributed by atoms with E-state index in [0.29, 0.717) is 4.31 Å². The fourth-order valence-electron chi connectivity index (χ4n) is 1.75. The van der Waals surface area contributed by atoms with Gasteiger partial charge in [-0.25, -0.2) is 17.2 Å². The number of nitrogens with zero attached hydrogens (tertiary/aromatic N) is 2. The van der Waals surface area contributed by atoms with Crippen LogP contribution >= 0.6 is 0 Å². The van der Waals surface area contributed by atoms with Gasteiger partial charge in [0.05, 0.1) is 23.0 Å². The summed E-state index contributed by atoms with van der Waals surface area (Å²) in [5, 5.41) is 19.4. The summed E-state index contributed by atoms with van der Waals surface area (Å²) in [6.07, 6.45) is -2.90. The predicted molar refractivity (Wildman–Crippen MR) is 69.7 cm³/mol. The third kappa shape index (κ3) is 4.16. The van der Waals surface area contributed by atoms with E-state index in [9.17, 15) is 27.3 Å². The molecular formula is C11H14F2N2O5S. The molecule has 0 radical (unpaired) electrons. The van der Waals surface area contributed by atoms with Crippen molar-refractivity contribution in [2.45, 2.75) is 18.2 Å². The van der Waals surface area contributed by atoms with E-state index >= 15 is 0 Å². The fourth-order valence-corrected chi connectivity index (χ4v) is 3.37. The average molecular weight is 324 g/mol. The molecule has 10 heteroatoms. The van der Waals surface area contributed by atoms with E-state index in [1.54, 1.807) is 0 Å². The Morgan fingerprint density at radius 3 is 2.48 bits per heavy atom. The van der Waals surface area contributed by atoms with E-state index in [1.807, 2.05) is 0 Å². The van der Waals surface area contributed by atoms with E-state index in [0.717, 1.165) is 18.2 Å². The molecule has 0 bridgehead atoms. The summed E-state index contributed by atoms with van der Waals surface area (Å²) < 4.78 is 49.9. The van der Waals surface area contributed by atoms with Crippen molar-refractivity contribution >= 4 is 15.7 Å². The predicted octanol–water partition coefficient (Wildman–Crippen LogP) is 1.15. The summed E-state index contributed by atoms with van der Waals surface area (Å²) in [5.41, 5.74) is -0.226. The highest BCUT2D eigenvalue weighted by Gasteiger charge is 2.28. The number of aryl methyl sites for hydroxylation is 1. The molecular weight excluding hydrogens is 310 g/mol. The molecule has 0 saturated carbocycles. The van der Waals surface area contributed by atoms with E-state index in [2.05, 4.69) is 0 Å². The average Bonchev–Trinajstić information content (AvgIpc) is 2.37. The highest BCUT2D eigenvalue weighted by atomic mass is 32.2. The van der Waals surface area contributed by atoms with Crippen molar-refractivity contribution < 1.29 is 27.2 Å². The maximum atomic E-state index is 12.4. The molecule has 118 valence electrons. The first-order valence-electron chi connectivity index (χ1n) is 5.84. The SMILES string of the molecule is Cc1cc([N+](=O)[O-])ccc1S(=O)(=O)N(CCO)CC(F)F. The number of nitro groups is 1. The molecule has 0 aliphatic carbocycles. The van der Waals surface area contributed by atoms with Crippen molar-refractivity contribution in [1.29, 1.82) is 0 Å². The standard InChI is InChI=1S/C11H14F2N2O5S/c1-8-6-9(15(17)18)2-3-10(8)21(19,20)14(4-5-16)7-11(12)13/h2-3,6,11,16H,4-5,7H2,1H3. The number of aliphatic hydroxyl groups excluding tert-OH is 1. The summed E-state index contributed by atoms with van der Waals surface area (Å²) in [7, 11) is -4.26. The van der Waals surface area contributed by atoms with Crippen LogP contribution in [0.5, 0.6) is 0 Å². The molecule has 1 aromatic rings. The van der Waals surface area contributed by atoms with Crippen LogP contribution in [0.15, 0.2) is 23.1 Å². The van der Waals surface area contributed by atoms with Crippen molar-refractivity contribution in [1.82, 2.24) is 4.31 Å². The Labute approximate surface area is 120 Å². The first-order chi connectivity index (χ1) is 9.70. The zero-order valence-corrected chi connectivity index (χ0v) is 11.9. The van der Waals surface area contributed by atoms with Gasteiger partial charge in [0.2, 0.25) is 10.0 Å². The Kier molecular flexibility index (Phi) is 5.70. The number of benzene rings is 1. The zero-order valence-electron chi connectivity index (χ0n) is 11.1. The van der Waals surface area contributed by atoms with E-state index in [1.165, 1.54) is 6.92 Å². The first-order valence-corrected chi connectivity index (χ1v) is 7.28. The van der Waals surface area contributed by atoms with Crippen molar-refractivity contribution in [2.75, 3.05) is 19.7 Å². The summed E-state index contributed by atoms with van der Waals surface area (Å²) >= 11 is 0. The largest absolute Gasteiger partial charge is 0.395 e. The van der Waals surface area contributed by atoms with Gasteiger partial charge in [-0.1, -0.05) is 0 Å². The molecule has 0 fully saturated rings. The van der Waals surface area contributed by atoms with Crippen LogP contribution in [-0.4, -0.2) is 48.9 Å². The van der Waals surface area contributed by atoms with Crippen LogP contribution in [0, 0.1) is 17.0 Å². The van der Waals surface area contributed by atoms with Gasteiger partial charge in [-0.3, -0.25) is 10.1 Å². The highest BCUT2D eigenvalue weighted by Crippen LogP contribution is 2.24. The molecule has 1 rings (SSSR count). The molecule has 0 aromatic heterocycles. The molecule has 0 aliphatic rings. The van der Waals surface area contributed by atoms with Crippen LogP contribution in [0.1, 0.15) is 5.56 Å². The van der Waals surface area contributed by atoms with E-state index in [4.69, 9.17) is 5.11 Å². The van der Waals surface area contributed by atoms with E-state index < -0.39 is 41.1 Å². The third-order valence-corrected chi connectivity index (χ3v) is 4.70. The van der Waals surface area contributed by atoms with Crippen LogP contribution < -0.4 is 0 Å². The summed E-state index contributed by atoms with van der Waals surface area (Å²) in [6, 6.07) is 3.03. The van der Waals surface area contributed by atoms with Gasteiger partial charge in [0, 0.05) is 18.7 Å². The summed E-state index contributed by atoms with van der Waals surface area (Å²) in [5.74, 6) is 0. The number of sulfonamides is 1. The number of non-ortho nitro benzene ring substituents is 1. The molecule has 0 spiro atoms. The van der Waals surface area contributed by atoms with Crippen LogP contribution in [-0.2, 0) is 10.0 Å². The lowest BCUT2D eigenvalue weighted by Gasteiger charge is -2.21. The molecule has 0 amide bonds. The topological polar surface area (TPSA) is 101 Å². The molecule has 0 aliphatic heterocycles. The number of nitro benzene ring substituents is 1. The summed E-state index contributed by atoms with van der Waals surface area (Å²) in [6.45, 7) is -0.820. The number of aliphatic hydroxyl groups is 1. The Balaban J connectivity index is 3.24. The van der Waals surface area contributed by atoms with Crippen LogP contribution in [0.3, 0.4) is 0 Å². The number of halogens is 2. The Hall–Kier alpha value is -1.65. The molecule has 1 N–H and O–H groups in total. The minimum atomic E-state index is -4.26. The van der Waals surface area contributed by atoms with Gasteiger partial charge in [-0.05, 0) is 18.6 Å². The first kappa shape index (κ1) is 17.4.